The zero-order chi connectivity index (χ0) is 15.1. The molecule has 1 aliphatic carbocycles. The molecule has 0 spiro atoms. The molecule has 3 N–H and O–H groups in total. The second kappa shape index (κ2) is 4.81. The number of anilines is 1. The molecule has 0 radical (unpaired) electrons. The van der Waals surface area contributed by atoms with Crippen LogP contribution in [-0.4, -0.2) is 22.1 Å². The number of nitrogens with one attached hydrogen (secondary N) is 1. The fourth-order valence-electron chi connectivity index (χ4n) is 2.70. The quantitative estimate of drug-likeness (QED) is 0.737. The van der Waals surface area contributed by atoms with E-state index < -0.39 is 23.2 Å². The molecule has 0 bridgehead atoms. The lowest BCUT2D eigenvalue weighted by Crippen LogP contribution is -2.18. The molecule has 1 saturated carbocycles. The number of carboxylic acid groups (broad SMARTS) is 1. The number of benzene rings is 1. The predicted octanol–water partition coefficient (Wildman–Crippen LogP) is 2.25. The van der Waals surface area contributed by atoms with Crippen molar-refractivity contribution in [2.75, 3.05) is 5.32 Å². The fourth-order valence-corrected chi connectivity index (χ4v) is 2.70. The van der Waals surface area contributed by atoms with E-state index in [0.717, 1.165) is 12.0 Å². The van der Waals surface area contributed by atoms with E-state index in [-0.39, 0.29) is 11.7 Å². The summed E-state index contributed by atoms with van der Waals surface area (Å²) in [5.41, 5.74) is 0.776. The number of aliphatic carboxylic acids is 1. The van der Waals surface area contributed by atoms with Gasteiger partial charge in [0.1, 0.15) is 5.75 Å². The molecule has 1 fully saturated rings. The summed E-state index contributed by atoms with van der Waals surface area (Å²) in [6.07, 6.45) is 0.788. The Morgan fingerprint density at radius 3 is 2.45 bits per heavy atom. The second-order valence-corrected chi connectivity index (χ2v) is 5.81. The third kappa shape index (κ3) is 2.35. The van der Waals surface area contributed by atoms with Crippen molar-refractivity contribution in [3.63, 3.8) is 0 Å². The van der Waals surface area contributed by atoms with E-state index in [9.17, 15) is 14.7 Å². The summed E-state index contributed by atoms with van der Waals surface area (Å²) in [7, 11) is 0. The van der Waals surface area contributed by atoms with E-state index in [4.69, 9.17) is 5.11 Å². The Morgan fingerprint density at radius 2 is 1.95 bits per heavy atom. The maximum absolute atomic E-state index is 12.2. The van der Waals surface area contributed by atoms with Gasteiger partial charge in [-0.25, -0.2) is 0 Å². The molecule has 2 atom stereocenters. The van der Waals surface area contributed by atoms with Gasteiger partial charge in [0, 0.05) is 0 Å². The van der Waals surface area contributed by atoms with Gasteiger partial charge >= 0.3 is 5.97 Å². The molecule has 5 nitrogen and oxygen atoms in total. The van der Waals surface area contributed by atoms with Crippen molar-refractivity contribution in [3.05, 3.63) is 23.8 Å². The van der Waals surface area contributed by atoms with Crippen LogP contribution in [0.15, 0.2) is 18.2 Å². The first kappa shape index (κ1) is 14.4. The molecule has 1 amide bonds. The van der Waals surface area contributed by atoms with Crippen LogP contribution in [0.25, 0.3) is 0 Å². The lowest BCUT2D eigenvalue weighted by atomic mass is 10.1. The third-order valence-electron chi connectivity index (χ3n) is 4.10. The molecule has 1 aliphatic rings. The molecule has 1 aromatic rings. The Labute approximate surface area is 117 Å². The third-order valence-corrected chi connectivity index (χ3v) is 4.10. The van der Waals surface area contributed by atoms with Gasteiger partial charge in [-0.1, -0.05) is 26.8 Å². The van der Waals surface area contributed by atoms with Gasteiger partial charge in [0.2, 0.25) is 5.91 Å². The van der Waals surface area contributed by atoms with Crippen molar-refractivity contribution in [1.82, 2.24) is 0 Å². The van der Waals surface area contributed by atoms with Crippen molar-refractivity contribution in [3.8, 4) is 5.75 Å². The van der Waals surface area contributed by atoms with Gasteiger partial charge in [0.15, 0.2) is 0 Å². The lowest BCUT2D eigenvalue weighted by molar-refractivity contribution is -0.140. The van der Waals surface area contributed by atoms with Crippen molar-refractivity contribution < 1.29 is 19.8 Å². The molecular weight excluding hydrogens is 258 g/mol. The largest absolute Gasteiger partial charge is 0.506 e. The van der Waals surface area contributed by atoms with Crippen LogP contribution >= 0.6 is 0 Å². The summed E-state index contributed by atoms with van der Waals surface area (Å²) in [4.78, 5) is 23.3. The van der Waals surface area contributed by atoms with Crippen LogP contribution in [0, 0.1) is 17.3 Å². The highest BCUT2D eigenvalue weighted by Crippen LogP contribution is 2.58. The molecule has 0 unspecified atom stereocenters. The van der Waals surface area contributed by atoms with E-state index in [1.807, 2.05) is 6.92 Å². The van der Waals surface area contributed by atoms with Gasteiger partial charge < -0.3 is 15.5 Å². The van der Waals surface area contributed by atoms with Crippen molar-refractivity contribution in [2.45, 2.75) is 27.2 Å². The van der Waals surface area contributed by atoms with E-state index in [0.29, 0.717) is 5.69 Å². The molecule has 0 aromatic heterocycles. The number of rotatable bonds is 4. The molecule has 1 aromatic carbocycles. The molecule has 0 saturated heterocycles. The number of hydrogen-bond donors (Lipinski definition) is 3. The maximum atomic E-state index is 12.2. The highest BCUT2D eigenvalue weighted by molar-refractivity contribution is 6.00. The Kier molecular flexibility index (Phi) is 3.46. The summed E-state index contributed by atoms with van der Waals surface area (Å²) in [5, 5.41) is 21.5. The molecular formula is C15H19NO4. The Balaban J connectivity index is 2.15. The number of amides is 1. The SMILES string of the molecule is CCc1ccc(O)c(NC(=O)[C@@H]2[C@H](C(=O)O)C2(C)C)c1. The minimum atomic E-state index is -0.957. The summed E-state index contributed by atoms with van der Waals surface area (Å²) in [6, 6.07) is 5.02. The van der Waals surface area contributed by atoms with Crippen LogP contribution in [0.2, 0.25) is 0 Å². The second-order valence-electron chi connectivity index (χ2n) is 5.81. The summed E-state index contributed by atoms with van der Waals surface area (Å²) < 4.78 is 0. The monoisotopic (exact) mass is 277 g/mol. The first-order chi connectivity index (χ1) is 9.28. The van der Waals surface area contributed by atoms with Crippen molar-refractivity contribution in [1.29, 1.82) is 0 Å². The zero-order valence-corrected chi connectivity index (χ0v) is 11.8. The maximum Gasteiger partial charge on any atom is 0.307 e. The van der Waals surface area contributed by atoms with E-state index in [1.165, 1.54) is 6.07 Å². The van der Waals surface area contributed by atoms with E-state index >= 15 is 0 Å². The van der Waals surface area contributed by atoms with E-state index in [1.54, 1.807) is 26.0 Å². The number of aryl methyl sites for hydroxylation is 1. The average Bonchev–Trinajstić information content (AvgIpc) is 2.95. The van der Waals surface area contributed by atoms with Gasteiger partial charge in [-0.05, 0) is 29.5 Å². The molecule has 2 rings (SSSR count). The smallest absolute Gasteiger partial charge is 0.307 e. The topological polar surface area (TPSA) is 86.6 Å². The van der Waals surface area contributed by atoms with Crippen molar-refractivity contribution >= 4 is 17.6 Å². The molecule has 20 heavy (non-hydrogen) atoms. The minimum Gasteiger partial charge on any atom is -0.506 e. The zero-order valence-electron chi connectivity index (χ0n) is 11.8. The molecule has 0 heterocycles. The number of hydrogen-bond acceptors (Lipinski definition) is 3. The fraction of sp³-hybridized carbons (Fsp3) is 0.467. The van der Waals surface area contributed by atoms with Crippen LogP contribution in [0.3, 0.4) is 0 Å². The van der Waals surface area contributed by atoms with Gasteiger partial charge in [0.05, 0.1) is 17.5 Å². The first-order valence-electron chi connectivity index (χ1n) is 6.64. The average molecular weight is 277 g/mol. The van der Waals surface area contributed by atoms with Gasteiger partial charge in [0.25, 0.3) is 0 Å². The number of aromatic hydroxyl groups is 1. The van der Waals surface area contributed by atoms with Crippen LogP contribution in [0.4, 0.5) is 5.69 Å². The number of carbonyl (C=O) groups excluding carboxylic acids is 1. The molecule has 108 valence electrons. The highest BCUT2D eigenvalue weighted by Gasteiger charge is 2.65. The van der Waals surface area contributed by atoms with Crippen LogP contribution < -0.4 is 5.32 Å². The lowest BCUT2D eigenvalue weighted by Gasteiger charge is -2.09. The molecule has 5 heteroatoms. The normalized spacial score (nSPS) is 23.1. The number of carboxylic acids is 1. The van der Waals surface area contributed by atoms with Crippen LogP contribution in [-0.2, 0) is 16.0 Å². The summed E-state index contributed by atoms with van der Waals surface area (Å²) in [6.45, 7) is 5.50. The minimum absolute atomic E-state index is 0.0131. The standard InChI is InChI=1S/C15H19NO4/c1-4-8-5-6-10(17)9(7-8)16-13(18)11-12(14(19)20)15(11,2)3/h5-7,11-12,17H,4H2,1-3H3,(H,16,18)(H,19,20)/t11-,12+/m0/s1. The van der Waals surface area contributed by atoms with Crippen LogP contribution in [0.1, 0.15) is 26.3 Å². The van der Waals surface area contributed by atoms with Crippen LogP contribution in [0.5, 0.6) is 5.75 Å². The van der Waals surface area contributed by atoms with Gasteiger partial charge in [-0.3, -0.25) is 9.59 Å². The molecule has 0 aliphatic heterocycles. The first-order valence-corrected chi connectivity index (χ1v) is 6.64. The van der Waals surface area contributed by atoms with E-state index in [2.05, 4.69) is 5.32 Å². The van der Waals surface area contributed by atoms with Crippen molar-refractivity contribution in [2.24, 2.45) is 17.3 Å². The Bertz CT molecular complexity index is 565. The Morgan fingerprint density at radius 1 is 1.30 bits per heavy atom. The Hall–Kier alpha value is -2.04. The highest BCUT2D eigenvalue weighted by atomic mass is 16.4. The number of phenolic OH excluding ortho intramolecular Hbond substituents is 1. The predicted molar refractivity (Wildman–Crippen MR) is 74.5 cm³/mol. The number of phenols is 1. The summed E-state index contributed by atoms with van der Waals surface area (Å²) in [5.74, 6) is -2.56. The van der Waals surface area contributed by atoms with Gasteiger partial charge in [-0.15, -0.1) is 0 Å². The van der Waals surface area contributed by atoms with Gasteiger partial charge in [-0.2, -0.15) is 0 Å². The number of carbonyl (C=O) groups is 2. The summed E-state index contributed by atoms with van der Waals surface area (Å²) >= 11 is 0.